The van der Waals surface area contributed by atoms with Crippen molar-refractivity contribution in [2.75, 3.05) is 5.32 Å². The maximum absolute atomic E-state index is 12.6. The molecule has 0 aromatic heterocycles. The van der Waals surface area contributed by atoms with Crippen molar-refractivity contribution in [3.8, 4) is 11.1 Å². The fourth-order valence-corrected chi connectivity index (χ4v) is 4.44. The summed E-state index contributed by atoms with van der Waals surface area (Å²) in [5.74, 6) is -0.0637. The molecule has 1 aliphatic carbocycles. The van der Waals surface area contributed by atoms with Crippen LogP contribution < -0.4 is 10.0 Å². The first kappa shape index (κ1) is 20.6. The van der Waals surface area contributed by atoms with Crippen molar-refractivity contribution in [1.82, 2.24) is 4.72 Å². The molecule has 0 bridgehead atoms. The first-order valence-corrected chi connectivity index (χ1v) is 11.4. The first-order chi connectivity index (χ1) is 13.3. The highest BCUT2D eigenvalue weighted by Crippen LogP contribution is 2.27. The lowest BCUT2D eigenvalue weighted by atomic mass is 9.86. The number of benzene rings is 2. The maximum atomic E-state index is 12.6. The highest BCUT2D eigenvalue weighted by molar-refractivity contribution is 7.90. The summed E-state index contributed by atoms with van der Waals surface area (Å²) in [6.45, 7) is 3.34. The van der Waals surface area contributed by atoms with Crippen molar-refractivity contribution in [3.05, 3.63) is 54.6 Å². The van der Waals surface area contributed by atoms with Crippen LogP contribution in [0.2, 0.25) is 0 Å². The molecule has 1 amide bonds. The normalized spacial score (nSPS) is 20.1. The van der Waals surface area contributed by atoms with Gasteiger partial charge >= 0.3 is 0 Å². The molecule has 0 heterocycles. The summed E-state index contributed by atoms with van der Waals surface area (Å²) in [6, 6.07) is 17.9. The van der Waals surface area contributed by atoms with E-state index in [9.17, 15) is 13.2 Å². The third-order valence-corrected chi connectivity index (χ3v) is 7.21. The predicted octanol–water partition coefficient (Wildman–Crippen LogP) is 4.18. The van der Waals surface area contributed by atoms with Crippen molar-refractivity contribution in [2.45, 2.75) is 50.8 Å². The van der Waals surface area contributed by atoms with Gasteiger partial charge in [0, 0.05) is 17.6 Å². The summed E-state index contributed by atoms with van der Waals surface area (Å²) < 4.78 is 26.8. The summed E-state index contributed by atoms with van der Waals surface area (Å²) in [7, 11) is -3.26. The number of amides is 1. The third-order valence-electron chi connectivity index (χ3n) is 5.31. The molecule has 0 radical (unpaired) electrons. The van der Waals surface area contributed by atoms with Crippen molar-refractivity contribution in [3.63, 3.8) is 0 Å². The number of anilines is 1. The molecule has 0 saturated heterocycles. The quantitative estimate of drug-likeness (QED) is 0.764. The van der Waals surface area contributed by atoms with Crippen molar-refractivity contribution in [2.24, 2.45) is 5.92 Å². The van der Waals surface area contributed by atoms with E-state index in [0.717, 1.165) is 16.8 Å². The van der Waals surface area contributed by atoms with Crippen LogP contribution in [0.3, 0.4) is 0 Å². The number of hydrogen-bond acceptors (Lipinski definition) is 3. The first-order valence-electron chi connectivity index (χ1n) is 9.82. The van der Waals surface area contributed by atoms with Crippen LogP contribution in [0, 0.1) is 5.92 Å². The Morgan fingerprint density at radius 3 is 2.04 bits per heavy atom. The van der Waals surface area contributed by atoms with Crippen LogP contribution in [0.25, 0.3) is 11.1 Å². The molecule has 0 atom stereocenters. The zero-order chi connectivity index (χ0) is 20.1. The standard InChI is InChI=1S/C22H28N2O3S/c1-16(2)28(26,27)24-21-14-10-19(11-15-21)22(25)23-20-12-8-18(9-13-20)17-6-4-3-5-7-17/h3-9,12-13,16,19,21,24H,10-11,14-15H2,1-2H3,(H,23,25)/t19-,21-. The van der Waals surface area contributed by atoms with Gasteiger partial charge in [-0.05, 0) is 62.8 Å². The van der Waals surface area contributed by atoms with Crippen LogP contribution in [0.5, 0.6) is 0 Å². The van der Waals surface area contributed by atoms with E-state index in [4.69, 9.17) is 0 Å². The predicted molar refractivity (Wildman–Crippen MR) is 113 cm³/mol. The van der Waals surface area contributed by atoms with E-state index >= 15 is 0 Å². The molecule has 2 aromatic rings. The molecule has 6 heteroatoms. The molecule has 1 saturated carbocycles. The zero-order valence-corrected chi connectivity index (χ0v) is 17.2. The van der Waals surface area contributed by atoms with Gasteiger partial charge < -0.3 is 5.32 Å². The van der Waals surface area contributed by atoms with Gasteiger partial charge in [-0.2, -0.15) is 0 Å². The highest BCUT2D eigenvalue weighted by Gasteiger charge is 2.29. The Kier molecular flexibility index (Phi) is 6.52. The lowest BCUT2D eigenvalue weighted by Gasteiger charge is -2.28. The summed E-state index contributed by atoms with van der Waals surface area (Å²) in [5, 5.41) is 2.56. The molecule has 2 aromatic carbocycles. The largest absolute Gasteiger partial charge is 0.326 e. The summed E-state index contributed by atoms with van der Waals surface area (Å²) >= 11 is 0. The Labute approximate surface area is 167 Å². The second kappa shape index (κ2) is 8.88. The van der Waals surface area contributed by atoms with E-state index in [1.807, 2.05) is 42.5 Å². The SMILES string of the molecule is CC(C)S(=O)(=O)N[C@H]1CC[C@H](C(=O)Nc2ccc(-c3ccccc3)cc2)CC1. The molecular weight excluding hydrogens is 372 g/mol. The van der Waals surface area contributed by atoms with Gasteiger partial charge in [-0.15, -0.1) is 0 Å². The van der Waals surface area contributed by atoms with Crippen LogP contribution in [0.15, 0.2) is 54.6 Å². The van der Waals surface area contributed by atoms with Crippen molar-refractivity contribution < 1.29 is 13.2 Å². The molecule has 1 aliphatic rings. The fourth-order valence-electron chi connectivity index (χ4n) is 3.46. The molecule has 0 spiro atoms. The average Bonchev–Trinajstić information content (AvgIpc) is 2.69. The molecule has 2 N–H and O–H groups in total. The lowest BCUT2D eigenvalue weighted by Crippen LogP contribution is -2.42. The van der Waals surface area contributed by atoms with Crippen LogP contribution in [0.1, 0.15) is 39.5 Å². The van der Waals surface area contributed by atoms with Gasteiger partial charge in [-0.1, -0.05) is 42.5 Å². The van der Waals surface area contributed by atoms with E-state index in [1.165, 1.54) is 0 Å². The van der Waals surface area contributed by atoms with Gasteiger partial charge in [0.1, 0.15) is 0 Å². The van der Waals surface area contributed by atoms with E-state index < -0.39 is 15.3 Å². The number of rotatable bonds is 6. The summed E-state index contributed by atoms with van der Waals surface area (Å²) in [5.41, 5.74) is 3.03. The fraction of sp³-hybridized carbons (Fsp3) is 0.409. The molecular formula is C22H28N2O3S. The Morgan fingerprint density at radius 1 is 0.893 bits per heavy atom. The minimum atomic E-state index is -3.26. The molecule has 1 fully saturated rings. The van der Waals surface area contributed by atoms with Gasteiger partial charge in [-0.3, -0.25) is 4.79 Å². The molecule has 0 unspecified atom stereocenters. The number of carbonyl (C=O) groups excluding carboxylic acids is 1. The van der Waals surface area contributed by atoms with Crippen LogP contribution >= 0.6 is 0 Å². The Morgan fingerprint density at radius 2 is 1.46 bits per heavy atom. The van der Waals surface area contributed by atoms with Crippen LogP contribution in [0.4, 0.5) is 5.69 Å². The van der Waals surface area contributed by atoms with Gasteiger partial charge in [0.2, 0.25) is 15.9 Å². The smallest absolute Gasteiger partial charge is 0.227 e. The summed E-state index contributed by atoms with van der Waals surface area (Å²) in [6.07, 6.45) is 2.77. The van der Waals surface area contributed by atoms with Crippen molar-refractivity contribution in [1.29, 1.82) is 0 Å². The number of sulfonamides is 1. The lowest BCUT2D eigenvalue weighted by molar-refractivity contribution is -0.120. The average molecular weight is 401 g/mol. The Bertz CT molecular complexity index is 885. The zero-order valence-electron chi connectivity index (χ0n) is 16.4. The molecule has 150 valence electrons. The minimum absolute atomic E-state index is 0.0117. The topological polar surface area (TPSA) is 75.3 Å². The monoisotopic (exact) mass is 400 g/mol. The molecule has 3 rings (SSSR count). The number of carbonyl (C=O) groups is 1. The molecule has 28 heavy (non-hydrogen) atoms. The van der Waals surface area contributed by atoms with E-state index in [2.05, 4.69) is 22.2 Å². The minimum Gasteiger partial charge on any atom is -0.326 e. The van der Waals surface area contributed by atoms with Crippen molar-refractivity contribution >= 4 is 21.6 Å². The Balaban J connectivity index is 1.52. The number of hydrogen-bond donors (Lipinski definition) is 2. The van der Waals surface area contributed by atoms with Gasteiger partial charge in [0.25, 0.3) is 0 Å². The number of nitrogens with one attached hydrogen (secondary N) is 2. The maximum Gasteiger partial charge on any atom is 0.227 e. The Hall–Kier alpha value is -2.18. The van der Waals surface area contributed by atoms with E-state index in [0.29, 0.717) is 25.7 Å². The van der Waals surface area contributed by atoms with E-state index in [-0.39, 0.29) is 17.9 Å². The second-order valence-corrected chi connectivity index (χ2v) is 9.96. The second-order valence-electron chi connectivity index (χ2n) is 7.69. The molecule has 5 nitrogen and oxygen atoms in total. The van der Waals surface area contributed by atoms with Crippen LogP contribution in [-0.2, 0) is 14.8 Å². The van der Waals surface area contributed by atoms with Gasteiger partial charge in [0.05, 0.1) is 5.25 Å². The van der Waals surface area contributed by atoms with Crippen LogP contribution in [-0.4, -0.2) is 25.6 Å². The molecule has 0 aliphatic heterocycles. The third kappa shape index (κ3) is 5.20. The van der Waals surface area contributed by atoms with Gasteiger partial charge in [0.15, 0.2) is 0 Å². The highest BCUT2D eigenvalue weighted by atomic mass is 32.2. The van der Waals surface area contributed by atoms with E-state index in [1.54, 1.807) is 13.8 Å². The summed E-state index contributed by atoms with van der Waals surface area (Å²) in [4.78, 5) is 12.6. The van der Waals surface area contributed by atoms with Gasteiger partial charge in [-0.25, -0.2) is 13.1 Å².